The van der Waals surface area contributed by atoms with Crippen LogP contribution in [0, 0.1) is 11.8 Å². The number of hydrogen-bond donors (Lipinski definition) is 0. The molecule has 4 rings (SSSR count). The van der Waals surface area contributed by atoms with Crippen molar-refractivity contribution in [2.24, 2.45) is 11.8 Å². The first kappa shape index (κ1) is 10.0. The largest absolute Gasteiger partial charge is 0.343 e. The summed E-state index contributed by atoms with van der Waals surface area (Å²) in [4.78, 5) is 9.28. The summed E-state index contributed by atoms with van der Waals surface area (Å²) in [6, 6.07) is 0.936. The van der Waals surface area contributed by atoms with E-state index < -0.39 is 0 Å². The Hall–Kier alpha value is -0.940. The Balaban J connectivity index is 1.35. The van der Waals surface area contributed by atoms with Crippen LogP contribution in [0.2, 0.25) is 0 Å². The molecular weight excluding hydrogens is 216 g/mol. The number of fused-ring (bicyclic) bond motifs is 1. The summed E-state index contributed by atoms with van der Waals surface area (Å²) in [5.74, 6) is 2.58. The molecule has 2 aliphatic heterocycles. The molecule has 92 valence electrons. The lowest BCUT2D eigenvalue weighted by atomic mass is 10.0. The Kier molecular flexibility index (Phi) is 2.23. The molecule has 1 saturated carbocycles. The average Bonchev–Trinajstić information content (AvgIpc) is 2.72. The van der Waals surface area contributed by atoms with E-state index in [-0.39, 0.29) is 0 Å². The summed E-state index contributed by atoms with van der Waals surface area (Å²) in [6.45, 7) is 5.91. The first-order chi connectivity index (χ1) is 8.38. The molecule has 0 spiro atoms. The number of likely N-dealkylation sites (tertiary alicyclic amines) is 2. The molecule has 3 heterocycles. The van der Waals surface area contributed by atoms with Crippen molar-refractivity contribution in [1.82, 2.24) is 19.9 Å². The summed E-state index contributed by atoms with van der Waals surface area (Å²) in [7, 11) is 0. The second-order valence-corrected chi connectivity index (χ2v) is 5.75. The van der Waals surface area contributed by atoms with Gasteiger partial charge >= 0.3 is 0 Å². The molecule has 0 N–H and O–H groups in total. The summed E-state index contributed by atoms with van der Waals surface area (Å²) in [5, 5.41) is 3.89. The van der Waals surface area contributed by atoms with Gasteiger partial charge in [-0.15, -0.1) is 0 Å². The van der Waals surface area contributed by atoms with Gasteiger partial charge in [0, 0.05) is 32.2 Å². The predicted octanol–water partition coefficient (Wildman–Crippen LogP) is 0.596. The van der Waals surface area contributed by atoms with Gasteiger partial charge in [0.15, 0.2) is 5.82 Å². The van der Waals surface area contributed by atoms with Gasteiger partial charge in [-0.25, -0.2) is 0 Å². The molecule has 5 nitrogen and oxygen atoms in total. The molecule has 0 radical (unpaired) electrons. The highest BCUT2D eigenvalue weighted by molar-refractivity contribution is 4.98. The number of aromatic nitrogens is 2. The smallest absolute Gasteiger partial charge is 0.213 e. The highest BCUT2D eigenvalue weighted by Crippen LogP contribution is 2.37. The number of nitrogens with zero attached hydrogens (tertiary/aromatic N) is 4. The van der Waals surface area contributed by atoms with E-state index in [0.29, 0.717) is 0 Å². The first-order valence-electron chi connectivity index (χ1n) is 6.60. The van der Waals surface area contributed by atoms with Crippen molar-refractivity contribution >= 4 is 0 Å². The van der Waals surface area contributed by atoms with E-state index >= 15 is 0 Å². The second kappa shape index (κ2) is 3.78. The summed E-state index contributed by atoms with van der Waals surface area (Å²) in [5.41, 5.74) is 0. The van der Waals surface area contributed by atoms with E-state index in [4.69, 9.17) is 4.52 Å². The molecule has 0 amide bonds. The predicted molar refractivity (Wildman–Crippen MR) is 61.2 cm³/mol. The van der Waals surface area contributed by atoms with Crippen LogP contribution in [-0.2, 0) is 6.54 Å². The first-order valence-corrected chi connectivity index (χ1v) is 6.60. The molecular formula is C12H18N4O. The Morgan fingerprint density at radius 3 is 2.53 bits per heavy atom. The van der Waals surface area contributed by atoms with Gasteiger partial charge in [-0.1, -0.05) is 5.16 Å². The van der Waals surface area contributed by atoms with Crippen molar-refractivity contribution < 1.29 is 4.52 Å². The van der Waals surface area contributed by atoms with Gasteiger partial charge in [0.25, 0.3) is 0 Å². The van der Waals surface area contributed by atoms with Crippen molar-refractivity contribution in [2.75, 3.05) is 26.2 Å². The van der Waals surface area contributed by atoms with Gasteiger partial charge in [0.2, 0.25) is 6.39 Å². The minimum absolute atomic E-state index is 0.823. The van der Waals surface area contributed by atoms with Crippen molar-refractivity contribution in [2.45, 2.75) is 25.4 Å². The van der Waals surface area contributed by atoms with E-state index in [1.165, 1.54) is 45.4 Å². The van der Waals surface area contributed by atoms with Gasteiger partial charge in [-0.2, -0.15) is 4.98 Å². The molecule has 0 bridgehead atoms. The van der Waals surface area contributed by atoms with Crippen molar-refractivity contribution in [3.8, 4) is 0 Å². The molecule has 2 atom stereocenters. The lowest BCUT2D eigenvalue weighted by Gasteiger charge is -2.19. The zero-order valence-electron chi connectivity index (χ0n) is 9.96. The van der Waals surface area contributed by atoms with Gasteiger partial charge in [-0.3, -0.25) is 9.80 Å². The molecule has 1 aliphatic carbocycles. The van der Waals surface area contributed by atoms with Crippen LogP contribution >= 0.6 is 0 Å². The summed E-state index contributed by atoms with van der Waals surface area (Å²) >= 11 is 0. The standard InChI is InChI=1S/C12H18N4O/c1-2-11(1)16-5-9-3-15(4-10(9)6-16)7-12-13-8-17-14-12/h8-11H,1-7H2. The molecule has 1 aromatic rings. The van der Waals surface area contributed by atoms with Crippen LogP contribution in [0.25, 0.3) is 0 Å². The summed E-state index contributed by atoms with van der Waals surface area (Å²) in [6.07, 6.45) is 4.29. The molecule has 2 saturated heterocycles. The zero-order chi connectivity index (χ0) is 11.2. The highest BCUT2D eigenvalue weighted by Gasteiger charge is 2.44. The third-order valence-corrected chi connectivity index (χ3v) is 4.43. The van der Waals surface area contributed by atoms with E-state index in [0.717, 1.165) is 30.2 Å². The van der Waals surface area contributed by atoms with Crippen LogP contribution in [0.1, 0.15) is 18.7 Å². The van der Waals surface area contributed by atoms with E-state index in [1.807, 2.05) is 0 Å². The second-order valence-electron chi connectivity index (χ2n) is 5.75. The SMILES string of the molecule is c1nc(CN2CC3CN(C4CC4)CC3C2)no1. The van der Waals surface area contributed by atoms with E-state index in [1.54, 1.807) is 0 Å². The maximum absolute atomic E-state index is 4.78. The molecule has 1 aromatic heterocycles. The minimum atomic E-state index is 0.823. The molecule has 3 aliphatic rings. The third-order valence-electron chi connectivity index (χ3n) is 4.43. The van der Waals surface area contributed by atoms with Crippen LogP contribution in [0.4, 0.5) is 0 Å². The van der Waals surface area contributed by atoms with Gasteiger partial charge < -0.3 is 4.52 Å². The average molecular weight is 234 g/mol. The quantitative estimate of drug-likeness (QED) is 0.766. The molecule has 2 unspecified atom stereocenters. The number of rotatable bonds is 3. The molecule has 3 fully saturated rings. The van der Waals surface area contributed by atoms with E-state index in [9.17, 15) is 0 Å². The molecule has 0 aromatic carbocycles. The van der Waals surface area contributed by atoms with Crippen molar-refractivity contribution in [3.63, 3.8) is 0 Å². The molecule has 5 heteroatoms. The maximum Gasteiger partial charge on any atom is 0.213 e. The monoisotopic (exact) mass is 234 g/mol. The third kappa shape index (κ3) is 1.87. The van der Waals surface area contributed by atoms with Gasteiger partial charge in [0.1, 0.15) is 0 Å². The van der Waals surface area contributed by atoms with Crippen LogP contribution in [0.15, 0.2) is 10.9 Å². The van der Waals surface area contributed by atoms with E-state index in [2.05, 4.69) is 19.9 Å². The van der Waals surface area contributed by atoms with Gasteiger partial charge in [-0.05, 0) is 24.7 Å². The lowest BCUT2D eigenvalue weighted by molar-refractivity contribution is 0.240. The lowest BCUT2D eigenvalue weighted by Crippen LogP contribution is -2.30. The van der Waals surface area contributed by atoms with Crippen molar-refractivity contribution in [1.29, 1.82) is 0 Å². The van der Waals surface area contributed by atoms with Crippen LogP contribution in [-0.4, -0.2) is 52.2 Å². The highest BCUT2D eigenvalue weighted by atomic mass is 16.5. The topological polar surface area (TPSA) is 45.4 Å². The maximum atomic E-state index is 4.78. The normalized spacial score (nSPS) is 34.4. The van der Waals surface area contributed by atoms with Crippen molar-refractivity contribution in [3.05, 3.63) is 12.2 Å². The Morgan fingerprint density at radius 2 is 1.94 bits per heavy atom. The zero-order valence-corrected chi connectivity index (χ0v) is 9.96. The van der Waals surface area contributed by atoms with Crippen LogP contribution < -0.4 is 0 Å². The Morgan fingerprint density at radius 1 is 1.18 bits per heavy atom. The molecule has 17 heavy (non-hydrogen) atoms. The Bertz CT molecular complexity index is 375. The Labute approximate surface area is 101 Å². The fourth-order valence-corrected chi connectivity index (χ4v) is 3.46. The fourth-order valence-electron chi connectivity index (χ4n) is 3.46. The van der Waals surface area contributed by atoms with Crippen LogP contribution in [0.3, 0.4) is 0 Å². The minimum Gasteiger partial charge on any atom is -0.343 e. The van der Waals surface area contributed by atoms with Gasteiger partial charge in [0.05, 0.1) is 6.54 Å². The van der Waals surface area contributed by atoms with Crippen LogP contribution in [0.5, 0.6) is 0 Å². The fraction of sp³-hybridized carbons (Fsp3) is 0.833. The summed E-state index contributed by atoms with van der Waals surface area (Å²) < 4.78 is 4.78. The number of hydrogen-bond acceptors (Lipinski definition) is 5.